The summed E-state index contributed by atoms with van der Waals surface area (Å²) >= 11 is 17.8. The summed E-state index contributed by atoms with van der Waals surface area (Å²) in [6.07, 6.45) is 1.31. The molecular weight excluding hydrogens is 411 g/mol. The van der Waals surface area contributed by atoms with Gasteiger partial charge in [-0.3, -0.25) is 9.59 Å². The van der Waals surface area contributed by atoms with Crippen LogP contribution in [0, 0.1) is 0 Å². The van der Waals surface area contributed by atoms with Crippen LogP contribution in [-0.4, -0.2) is 23.0 Å². The van der Waals surface area contributed by atoms with E-state index in [1.54, 1.807) is 6.07 Å². The van der Waals surface area contributed by atoms with Crippen LogP contribution in [0.1, 0.15) is 5.56 Å². The van der Waals surface area contributed by atoms with Crippen LogP contribution in [0.15, 0.2) is 53.6 Å². The molecule has 0 aliphatic rings. The lowest BCUT2D eigenvalue weighted by Crippen LogP contribution is -2.32. The molecule has 0 aliphatic carbocycles. The fourth-order valence-electron chi connectivity index (χ4n) is 2.17. The van der Waals surface area contributed by atoms with Gasteiger partial charge in [0.1, 0.15) is 5.15 Å². The predicted octanol–water partition coefficient (Wildman–Crippen LogP) is 4.28. The third-order valence-electron chi connectivity index (χ3n) is 3.46. The van der Waals surface area contributed by atoms with Gasteiger partial charge < -0.3 is 5.32 Å². The number of rotatable bonds is 3. The van der Waals surface area contributed by atoms with E-state index >= 15 is 0 Å². The lowest BCUT2D eigenvalue weighted by atomic mass is 10.2. The molecule has 0 spiro atoms. The quantitative estimate of drug-likeness (QED) is 0.286. The van der Waals surface area contributed by atoms with Gasteiger partial charge in [-0.1, -0.05) is 53.0 Å². The second kappa shape index (κ2) is 8.35. The second-order valence-corrected chi connectivity index (χ2v) is 6.52. The van der Waals surface area contributed by atoms with Crippen molar-refractivity contribution in [1.82, 2.24) is 10.4 Å². The van der Waals surface area contributed by atoms with Crippen molar-refractivity contribution in [3.05, 3.63) is 69.3 Å². The van der Waals surface area contributed by atoms with Crippen molar-refractivity contribution < 1.29 is 9.59 Å². The zero-order chi connectivity index (χ0) is 19.4. The van der Waals surface area contributed by atoms with Gasteiger partial charge in [0.25, 0.3) is 0 Å². The molecule has 0 aliphatic heterocycles. The first-order chi connectivity index (χ1) is 12.9. The van der Waals surface area contributed by atoms with Crippen LogP contribution in [0.4, 0.5) is 5.69 Å². The van der Waals surface area contributed by atoms with Crippen molar-refractivity contribution in [2.24, 2.45) is 5.10 Å². The number of hydrazone groups is 1. The maximum atomic E-state index is 11.9. The van der Waals surface area contributed by atoms with Crippen LogP contribution in [0.5, 0.6) is 0 Å². The molecule has 2 N–H and O–H groups in total. The molecule has 27 heavy (non-hydrogen) atoms. The SMILES string of the molecule is O=C(NN=Cc1cc2ccccc2nc1Cl)C(=O)Nc1ccc(Cl)c(Cl)c1. The van der Waals surface area contributed by atoms with Gasteiger partial charge in [0, 0.05) is 16.6 Å². The van der Waals surface area contributed by atoms with E-state index in [1.807, 2.05) is 24.3 Å². The van der Waals surface area contributed by atoms with E-state index < -0.39 is 11.8 Å². The van der Waals surface area contributed by atoms with Crippen LogP contribution in [0.2, 0.25) is 15.2 Å². The minimum absolute atomic E-state index is 0.229. The van der Waals surface area contributed by atoms with Crippen LogP contribution >= 0.6 is 34.8 Å². The zero-order valence-corrected chi connectivity index (χ0v) is 15.8. The molecular formula is C18H11Cl3N4O2. The minimum atomic E-state index is -0.956. The summed E-state index contributed by atoms with van der Waals surface area (Å²) in [5, 5.41) is 7.82. The number of hydrogen-bond acceptors (Lipinski definition) is 4. The van der Waals surface area contributed by atoms with Crippen molar-refractivity contribution in [2.45, 2.75) is 0 Å². The lowest BCUT2D eigenvalue weighted by molar-refractivity contribution is -0.136. The van der Waals surface area contributed by atoms with Gasteiger partial charge in [0.05, 0.1) is 21.8 Å². The van der Waals surface area contributed by atoms with Crippen LogP contribution in [0.25, 0.3) is 10.9 Å². The molecule has 2 amide bonds. The minimum Gasteiger partial charge on any atom is -0.318 e. The fourth-order valence-corrected chi connectivity index (χ4v) is 2.66. The normalized spacial score (nSPS) is 10.9. The van der Waals surface area contributed by atoms with E-state index in [4.69, 9.17) is 34.8 Å². The summed E-state index contributed by atoms with van der Waals surface area (Å²) in [4.78, 5) is 28.0. The van der Waals surface area contributed by atoms with Gasteiger partial charge >= 0.3 is 11.8 Å². The Morgan fingerprint density at radius 1 is 0.963 bits per heavy atom. The van der Waals surface area contributed by atoms with Crippen LogP contribution < -0.4 is 10.7 Å². The number of amides is 2. The number of nitrogens with one attached hydrogen (secondary N) is 2. The highest BCUT2D eigenvalue weighted by atomic mass is 35.5. The Balaban J connectivity index is 1.65. The third-order valence-corrected chi connectivity index (χ3v) is 4.50. The van der Waals surface area contributed by atoms with E-state index in [0.717, 1.165) is 10.9 Å². The summed E-state index contributed by atoms with van der Waals surface area (Å²) < 4.78 is 0. The van der Waals surface area contributed by atoms with E-state index in [9.17, 15) is 9.59 Å². The highest BCUT2D eigenvalue weighted by Crippen LogP contribution is 2.25. The van der Waals surface area contributed by atoms with E-state index in [-0.39, 0.29) is 10.2 Å². The number of nitrogens with zero attached hydrogens (tertiary/aromatic N) is 2. The number of carbonyl (C=O) groups excluding carboxylic acids is 2. The molecule has 1 heterocycles. The third kappa shape index (κ3) is 4.74. The summed E-state index contributed by atoms with van der Waals surface area (Å²) in [6.45, 7) is 0. The molecule has 0 radical (unpaired) electrons. The highest BCUT2D eigenvalue weighted by Gasteiger charge is 2.13. The van der Waals surface area contributed by atoms with Crippen molar-refractivity contribution in [2.75, 3.05) is 5.32 Å². The summed E-state index contributed by atoms with van der Waals surface area (Å²) in [6, 6.07) is 13.7. The largest absolute Gasteiger partial charge is 0.329 e. The second-order valence-electron chi connectivity index (χ2n) is 5.34. The number of fused-ring (bicyclic) bond motifs is 1. The zero-order valence-electron chi connectivity index (χ0n) is 13.5. The Bertz CT molecular complexity index is 1070. The Labute approximate surface area is 169 Å². The van der Waals surface area contributed by atoms with Crippen molar-refractivity contribution >= 4 is 69.4 Å². The number of anilines is 1. The molecule has 1 aromatic heterocycles. The topological polar surface area (TPSA) is 83.5 Å². The van der Waals surface area contributed by atoms with Gasteiger partial charge in [-0.05, 0) is 30.3 Å². The summed E-state index contributed by atoms with van der Waals surface area (Å²) in [5.74, 6) is -1.87. The number of pyridine rings is 1. The Morgan fingerprint density at radius 3 is 2.52 bits per heavy atom. The van der Waals surface area contributed by atoms with E-state index in [1.165, 1.54) is 24.4 Å². The van der Waals surface area contributed by atoms with Gasteiger partial charge in [-0.15, -0.1) is 0 Å². The Morgan fingerprint density at radius 2 is 1.74 bits per heavy atom. The maximum Gasteiger partial charge on any atom is 0.329 e. The van der Waals surface area contributed by atoms with Gasteiger partial charge in [-0.2, -0.15) is 5.10 Å². The van der Waals surface area contributed by atoms with Gasteiger partial charge in [-0.25, -0.2) is 10.4 Å². The maximum absolute atomic E-state index is 11.9. The molecule has 0 saturated carbocycles. The summed E-state index contributed by atoms with van der Waals surface area (Å²) in [5.41, 5.74) is 3.70. The Hall–Kier alpha value is -2.67. The number of carbonyl (C=O) groups is 2. The first-order valence-electron chi connectivity index (χ1n) is 7.59. The molecule has 0 atom stereocenters. The number of para-hydroxylation sites is 1. The standard InChI is InChI=1S/C18H11Cl3N4O2/c19-13-6-5-12(8-14(13)20)23-17(26)18(27)25-22-9-11-7-10-3-1-2-4-15(10)24-16(11)21/h1-9H,(H,23,26)(H,25,27). The summed E-state index contributed by atoms with van der Waals surface area (Å²) in [7, 11) is 0. The molecule has 0 unspecified atom stereocenters. The van der Waals surface area contributed by atoms with Gasteiger partial charge in [0.15, 0.2) is 0 Å². The number of hydrogen-bond donors (Lipinski definition) is 2. The number of aromatic nitrogens is 1. The number of halogens is 3. The number of benzene rings is 2. The average Bonchev–Trinajstić information content (AvgIpc) is 2.65. The monoisotopic (exact) mass is 420 g/mol. The van der Waals surface area contributed by atoms with Gasteiger partial charge in [0.2, 0.25) is 0 Å². The fraction of sp³-hybridized carbons (Fsp3) is 0. The van der Waals surface area contributed by atoms with Crippen molar-refractivity contribution in [3.63, 3.8) is 0 Å². The molecule has 3 rings (SSSR count). The molecule has 0 saturated heterocycles. The molecule has 136 valence electrons. The molecule has 0 bridgehead atoms. The van der Waals surface area contributed by atoms with E-state index in [2.05, 4.69) is 20.8 Å². The smallest absolute Gasteiger partial charge is 0.318 e. The molecule has 9 heteroatoms. The molecule has 2 aromatic carbocycles. The predicted molar refractivity (Wildman–Crippen MR) is 108 cm³/mol. The first-order valence-corrected chi connectivity index (χ1v) is 8.72. The first kappa shape index (κ1) is 19.1. The Kier molecular flexibility index (Phi) is 5.91. The molecule has 6 nitrogen and oxygen atoms in total. The van der Waals surface area contributed by atoms with Crippen LogP contribution in [0.3, 0.4) is 0 Å². The van der Waals surface area contributed by atoms with E-state index in [0.29, 0.717) is 16.3 Å². The average molecular weight is 422 g/mol. The molecule has 0 fully saturated rings. The van der Waals surface area contributed by atoms with Crippen molar-refractivity contribution in [1.29, 1.82) is 0 Å². The highest BCUT2D eigenvalue weighted by molar-refractivity contribution is 6.43. The lowest BCUT2D eigenvalue weighted by Gasteiger charge is -2.05. The van der Waals surface area contributed by atoms with Crippen LogP contribution in [-0.2, 0) is 9.59 Å². The van der Waals surface area contributed by atoms with Crippen molar-refractivity contribution in [3.8, 4) is 0 Å². The molecule has 3 aromatic rings.